The molecule has 0 N–H and O–H groups in total. The van der Waals surface area contributed by atoms with Crippen LogP contribution in [-0.2, 0) is 10.8 Å². The lowest BCUT2D eigenvalue weighted by atomic mass is 9.70. The molecule has 100 heavy (non-hydrogen) atoms. The molecule has 0 saturated heterocycles. The van der Waals surface area contributed by atoms with Crippen LogP contribution in [0, 0.1) is 0 Å². The zero-order valence-corrected chi connectivity index (χ0v) is 54.9. The van der Waals surface area contributed by atoms with Gasteiger partial charge in [0.05, 0.1) is 5.41 Å². The molecule has 16 aromatic rings. The Labute approximate surface area is 580 Å². The minimum atomic E-state index is -0.341. The lowest BCUT2D eigenvalue weighted by Gasteiger charge is -2.30. The number of benzene rings is 12. The lowest BCUT2D eigenvalue weighted by molar-refractivity contribution is 0.660. The predicted molar refractivity (Wildman–Crippen MR) is 403 cm³/mol. The van der Waals surface area contributed by atoms with Crippen molar-refractivity contribution < 1.29 is 0 Å². The van der Waals surface area contributed by atoms with Crippen LogP contribution in [0.4, 0.5) is 0 Å². The van der Waals surface area contributed by atoms with Gasteiger partial charge in [0, 0.05) is 63.6 Å². The molecule has 0 saturated carbocycles. The molecule has 3 aliphatic rings. The lowest BCUT2D eigenvalue weighted by Crippen LogP contribution is -2.25. The third-order valence-electron chi connectivity index (χ3n) is 20.2. The van der Waals surface area contributed by atoms with Gasteiger partial charge in [-0.05, 0) is 148 Å². The molecule has 1 spiro atoms. The third-order valence-corrected chi connectivity index (χ3v) is 20.2. The number of fused-ring (bicyclic) bond motifs is 13. The highest BCUT2D eigenvalue weighted by molar-refractivity contribution is 5.96. The zero-order chi connectivity index (χ0) is 66.7. The van der Waals surface area contributed by atoms with Crippen molar-refractivity contribution in [3.8, 4) is 146 Å². The Morgan fingerprint density at radius 3 is 0.870 bits per heavy atom. The molecule has 8 heteroatoms. The van der Waals surface area contributed by atoms with Crippen LogP contribution in [-0.4, -0.2) is 39.9 Å². The monoisotopic (exact) mass is 1280 g/mol. The highest BCUT2D eigenvalue weighted by Gasteiger charge is 2.51. The van der Waals surface area contributed by atoms with Crippen LogP contribution in [0.25, 0.3) is 146 Å². The Bertz CT molecular complexity index is 5720. The van der Waals surface area contributed by atoms with E-state index in [4.69, 9.17) is 29.9 Å². The highest BCUT2D eigenvalue weighted by atomic mass is 15.0. The molecular formula is C92H62N8. The van der Waals surface area contributed by atoms with E-state index >= 15 is 0 Å². The summed E-state index contributed by atoms with van der Waals surface area (Å²) in [6.07, 6.45) is 7.08. The Kier molecular flexibility index (Phi) is 14.6. The van der Waals surface area contributed by atoms with Crippen molar-refractivity contribution in [3.05, 3.63) is 374 Å². The van der Waals surface area contributed by atoms with Gasteiger partial charge in [-0.2, -0.15) is 0 Å². The molecule has 0 aliphatic heterocycles. The molecule has 0 radical (unpaired) electrons. The number of pyridine rings is 2. The highest BCUT2D eigenvalue weighted by Crippen LogP contribution is 2.63. The fraction of sp³-hybridized carbons (Fsp3) is 0.0435. The van der Waals surface area contributed by atoms with Crippen molar-refractivity contribution in [3.63, 3.8) is 0 Å². The van der Waals surface area contributed by atoms with E-state index in [1.165, 1.54) is 89.0 Å². The zero-order valence-electron chi connectivity index (χ0n) is 54.9. The Balaban J connectivity index is 0.000000147. The van der Waals surface area contributed by atoms with Gasteiger partial charge in [-0.15, -0.1) is 0 Å². The van der Waals surface area contributed by atoms with Gasteiger partial charge in [0.2, 0.25) is 0 Å². The van der Waals surface area contributed by atoms with Crippen LogP contribution in [0.15, 0.2) is 340 Å². The Morgan fingerprint density at radius 1 is 0.190 bits per heavy atom. The van der Waals surface area contributed by atoms with E-state index in [-0.39, 0.29) is 10.8 Å². The van der Waals surface area contributed by atoms with E-state index in [1.54, 1.807) is 24.8 Å². The van der Waals surface area contributed by atoms with Gasteiger partial charge < -0.3 is 0 Å². The van der Waals surface area contributed by atoms with Crippen molar-refractivity contribution in [2.45, 2.75) is 24.7 Å². The van der Waals surface area contributed by atoms with Crippen LogP contribution in [0.3, 0.4) is 0 Å². The van der Waals surface area contributed by atoms with Crippen molar-refractivity contribution in [2.75, 3.05) is 0 Å². The second kappa shape index (κ2) is 24.6. The summed E-state index contributed by atoms with van der Waals surface area (Å²) in [6.45, 7) is 4.62. The van der Waals surface area contributed by atoms with Crippen molar-refractivity contribution in [1.82, 2.24) is 39.9 Å². The van der Waals surface area contributed by atoms with E-state index in [0.717, 1.165) is 55.6 Å². The Morgan fingerprint density at radius 2 is 0.460 bits per heavy atom. The summed E-state index contributed by atoms with van der Waals surface area (Å²) >= 11 is 0. The molecule has 12 aromatic carbocycles. The van der Waals surface area contributed by atoms with Gasteiger partial charge >= 0.3 is 0 Å². The maximum atomic E-state index is 5.02. The SMILES string of the molecule is CC1(C)c2ccccc2-c2cc(-c3ccc(-c4nc(-c5ccc(-c6ccccc6)cc5)nc(-c5cccnc5)n4)cc3)ccc21.c1ccc(-c2ccc(-c3nc(-c4ccncc4)nc(-c4ccc(-c5ccc6c(c5)-c5ccccc5C65c6ccccc6-c6ccccc65)cc4)n3)cc2)cc1. The summed E-state index contributed by atoms with van der Waals surface area (Å²) < 4.78 is 0. The number of rotatable bonds is 10. The first-order valence-corrected chi connectivity index (χ1v) is 33.8. The topological polar surface area (TPSA) is 103 Å². The second-order valence-electron chi connectivity index (χ2n) is 26.2. The van der Waals surface area contributed by atoms with E-state index in [2.05, 4.69) is 303 Å². The van der Waals surface area contributed by atoms with Gasteiger partial charge in [-0.1, -0.05) is 293 Å². The van der Waals surface area contributed by atoms with Crippen LogP contribution in [0.1, 0.15) is 47.2 Å². The third kappa shape index (κ3) is 10.3. The standard InChI is InChI=1S/C51H32N4.C41H30N4/c1-2-10-33(11-3-1)34-18-22-36(23-19-34)48-53-49(55-50(54-48)38-28-30-52-31-29-38)37-24-20-35(21-25-37)39-26-27-47-43(32-39)42-14-6-9-17-46(42)51(47)44-15-7-4-12-40(44)41-13-5-8-16-45(41)51;1-41(2)36-13-7-6-12-34(36)35-25-32(22-23-37(35)41)29-16-20-31(21-17-29)39-43-38(44-40(45-39)33-11-8-24-42-26-33)30-18-14-28(15-19-30)27-9-4-3-5-10-27/h1-32H;3-26H,1-2H3. The fourth-order valence-electron chi connectivity index (χ4n) is 15.2. The number of hydrogen-bond acceptors (Lipinski definition) is 8. The molecule has 4 heterocycles. The van der Waals surface area contributed by atoms with Crippen LogP contribution in [0.5, 0.6) is 0 Å². The average Bonchev–Trinajstić information content (AvgIpc) is 1.51. The van der Waals surface area contributed by atoms with E-state index in [0.29, 0.717) is 34.9 Å². The smallest absolute Gasteiger partial charge is 0.165 e. The summed E-state index contributed by atoms with van der Waals surface area (Å²) in [5.41, 5.74) is 30.4. The fourth-order valence-corrected chi connectivity index (χ4v) is 15.2. The Hall–Kier alpha value is -13.0. The van der Waals surface area contributed by atoms with Crippen molar-refractivity contribution in [2.24, 2.45) is 0 Å². The predicted octanol–water partition coefficient (Wildman–Crippen LogP) is 21.9. The number of hydrogen-bond donors (Lipinski definition) is 0. The maximum Gasteiger partial charge on any atom is 0.165 e. The molecule has 19 rings (SSSR count). The van der Waals surface area contributed by atoms with E-state index in [9.17, 15) is 0 Å². The summed E-state index contributed by atoms with van der Waals surface area (Å²) in [7, 11) is 0. The molecule has 470 valence electrons. The first-order chi connectivity index (χ1) is 49.3. The quantitative estimate of drug-likeness (QED) is 0.133. The van der Waals surface area contributed by atoms with Gasteiger partial charge in [-0.3, -0.25) is 9.97 Å². The summed E-state index contributed by atoms with van der Waals surface area (Å²) in [5.74, 6) is 3.71. The molecule has 0 fully saturated rings. The molecule has 0 unspecified atom stereocenters. The molecule has 4 aromatic heterocycles. The normalized spacial score (nSPS) is 12.9. The van der Waals surface area contributed by atoms with Crippen LogP contribution in [0.2, 0.25) is 0 Å². The van der Waals surface area contributed by atoms with Crippen LogP contribution < -0.4 is 0 Å². The molecular weight excluding hydrogens is 1220 g/mol. The maximum absolute atomic E-state index is 5.02. The molecule has 0 amide bonds. The minimum Gasteiger partial charge on any atom is -0.265 e. The number of aromatic nitrogens is 8. The van der Waals surface area contributed by atoms with E-state index in [1.807, 2.05) is 36.4 Å². The van der Waals surface area contributed by atoms with Gasteiger partial charge in [-0.25, -0.2) is 29.9 Å². The van der Waals surface area contributed by atoms with Gasteiger partial charge in [0.25, 0.3) is 0 Å². The first-order valence-electron chi connectivity index (χ1n) is 33.8. The largest absolute Gasteiger partial charge is 0.265 e. The number of nitrogens with zero attached hydrogens (tertiary/aromatic N) is 8. The van der Waals surface area contributed by atoms with Crippen LogP contribution >= 0.6 is 0 Å². The molecule has 0 atom stereocenters. The molecule has 3 aliphatic carbocycles. The second-order valence-corrected chi connectivity index (χ2v) is 26.2. The van der Waals surface area contributed by atoms with Gasteiger partial charge in [0.1, 0.15) is 0 Å². The van der Waals surface area contributed by atoms with Crippen molar-refractivity contribution in [1.29, 1.82) is 0 Å². The summed E-state index contributed by atoms with van der Waals surface area (Å²) in [5, 5.41) is 0. The summed E-state index contributed by atoms with van der Waals surface area (Å²) in [4.78, 5) is 38.1. The molecule has 8 nitrogen and oxygen atoms in total. The summed E-state index contributed by atoms with van der Waals surface area (Å²) in [6, 6.07) is 112. The van der Waals surface area contributed by atoms with Gasteiger partial charge in [0.15, 0.2) is 34.9 Å². The molecule has 0 bridgehead atoms. The first kappa shape index (κ1) is 59.5. The minimum absolute atomic E-state index is 0.00144. The van der Waals surface area contributed by atoms with E-state index < -0.39 is 0 Å². The van der Waals surface area contributed by atoms with Crippen molar-refractivity contribution >= 4 is 0 Å². The average molecular weight is 1280 g/mol.